The van der Waals surface area contributed by atoms with Crippen LogP contribution in [0.4, 0.5) is 0 Å². The van der Waals surface area contributed by atoms with Crippen LogP contribution in [0.2, 0.25) is 0 Å². The second-order valence-electron chi connectivity index (χ2n) is 7.41. The lowest BCUT2D eigenvalue weighted by Gasteiger charge is -2.30. The van der Waals surface area contributed by atoms with E-state index in [0.717, 1.165) is 22.3 Å². The largest absolute Gasteiger partial charge is 0.376 e. The van der Waals surface area contributed by atoms with E-state index in [2.05, 4.69) is 5.16 Å². The summed E-state index contributed by atoms with van der Waals surface area (Å²) in [4.78, 5) is 0. The minimum absolute atomic E-state index is 0.551. The standard InChI is InChI=1S/C28H21NO2/c30-28(23-17-9-3-10-18-23,24-19-11-4-12-20-24)25-26(21-13-5-1-6-14-21)29-31-27(25)22-15-7-2-8-16-22/h1-20,30H. The van der Waals surface area contributed by atoms with Gasteiger partial charge in [0.05, 0.1) is 5.56 Å². The number of nitrogens with zero attached hydrogens (tertiary/aromatic N) is 1. The minimum atomic E-state index is -1.46. The molecule has 0 saturated carbocycles. The molecule has 0 fully saturated rings. The maximum absolute atomic E-state index is 12.5. The molecule has 3 nitrogen and oxygen atoms in total. The molecule has 5 rings (SSSR count). The summed E-state index contributed by atoms with van der Waals surface area (Å²) in [6.45, 7) is 0. The highest BCUT2D eigenvalue weighted by molar-refractivity contribution is 5.76. The van der Waals surface area contributed by atoms with Crippen LogP contribution in [-0.4, -0.2) is 10.3 Å². The van der Waals surface area contributed by atoms with Crippen molar-refractivity contribution in [2.75, 3.05) is 0 Å². The molecule has 1 aromatic heterocycles. The highest BCUT2D eigenvalue weighted by Gasteiger charge is 2.41. The Morgan fingerprint density at radius 3 is 1.45 bits per heavy atom. The fraction of sp³-hybridized carbons (Fsp3) is 0.0357. The van der Waals surface area contributed by atoms with Crippen LogP contribution in [0.3, 0.4) is 0 Å². The van der Waals surface area contributed by atoms with Gasteiger partial charge < -0.3 is 9.63 Å². The molecule has 4 aromatic carbocycles. The monoisotopic (exact) mass is 403 g/mol. The molecule has 0 atom stereocenters. The fourth-order valence-electron chi connectivity index (χ4n) is 4.02. The first-order valence-corrected chi connectivity index (χ1v) is 10.2. The van der Waals surface area contributed by atoms with Crippen molar-refractivity contribution in [2.45, 2.75) is 5.60 Å². The van der Waals surface area contributed by atoms with Crippen LogP contribution in [0, 0.1) is 0 Å². The van der Waals surface area contributed by atoms with Crippen LogP contribution in [-0.2, 0) is 5.60 Å². The van der Waals surface area contributed by atoms with Gasteiger partial charge in [-0.05, 0) is 11.1 Å². The molecule has 0 amide bonds. The van der Waals surface area contributed by atoms with E-state index < -0.39 is 5.60 Å². The van der Waals surface area contributed by atoms with Crippen molar-refractivity contribution < 1.29 is 9.63 Å². The van der Waals surface area contributed by atoms with E-state index in [1.54, 1.807) is 0 Å². The predicted molar refractivity (Wildman–Crippen MR) is 122 cm³/mol. The fourth-order valence-corrected chi connectivity index (χ4v) is 4.02. The molecule has 0 aliphatic heterocycles. The van der Waals surface area contributed by atoms with Gasteiger partial charge in [0.1, 0.15) is 11.3 Å². The lowest BCUT2D eigenvalue weighted by atomic mass is 9.77. The summed E-state index contributed by atoms with van der Waals surface area (Å²) in [6, 6.07) is 39.0. The SMILES string of the molecule is OC(c1ccccc1)(c1ccccc1)c1c(-c2ccccc2)noc1-c1ccccc1. The molecule has 1 heterocycles. The lowest BCUT2D eigenvalue weighted by molar-refractivity contribution is 0.126. The first-order chi connectivity index (χ1) is 15.3. The van der Waals surface area contributed by atoms with Gasteiger partial charge in [0.15, 0.2) is 5.76 Å². The average molecular weight is 403 g/mol. The second-order valence-corrected chi connectivity index (χ2v) is 7.41. The summed E-state index contributed by atoms with van der Waals surface area (Å²) in [5.74, 6) is 0.551. The Morgan fingerprint density at radius 1 is 0.548 bits per heavy atom. The third-order valence-electron chi connectivity index (χ3n) is 5.52. The molecule has 0 bridgehead atoms. The number of hydrogen-bond donors (Lipinski definition) is 1. The van der Waals surface area contributed by atoms with Gasteiger partial charge in [0.2, 0.25) is 0 Å². The predicted octanol–water partition coefficient (Wildman–Crippen LogP) is 6.29. The summed E-state index contributed by atoms with van der Waals surface area (Å²) in [7, 11) is 0. The Morgan fingerprint density at radius 2 is 0.968 bits per heavy atom. The Hall–Kier alpha value is -3.95. The zero-order chi connectivity index (χ0) is 21.1. The Bertz CT molecular complexity index is 1170. The van der Waals surface area contributed by atoms with Gasteiger partial charge in [-0.3, -0.25) is 0 Å². The van der Waals surface area contributed by atoms with Crippen LogP contribution in [0.5, 0.6) is 0 Å². The van der Waals surface area contributed by atoms with E-state index in [1.165, 1.54) is 0 Å². The van der Waals surface area contributed by atoms with E-state index in [0.29, 0.717) is 17.0 Å². The van der Waals surface area contributed by atoms with Crippen LogP contribution in [0.1, 0.15) is 16.7 Å². The van der Waals surface area contributed by atoms with Gasteiger partial charge in [-0.1, -0.05) is 126 Å². The van der Waals surface area contributed by atoms with Gasteiger partial charge >= 0.3 is 0 Å². The van der Waals surface area contributed by atoms with Gasteiger partial charge in [0, 0.05) is 11.1 Å². The van der Waals surface area contributed by atoms with Gasteiger partial charge in [-0.15, -0.1) is 0 Å². The van der Waals surface area contributed by atoms with Crippen LogP contribution in [0.15, 0.2) is 126 Å². The first-order valence-electron chi connectivity index (χ1n) is 10.2. The first kappa shape index (κ1) is 19.0. The minimum Gasteiger partial charge on any atom is -0.376 e. The molecule has 5 aromatic rings. The van der Waals surface area contributed by atoms with Crippen LogP contribution in [0.25, 0.3) is 22.6 Å². The topological polar surface area (TPSA) is 46.3 Å². The smallest absolute Gasteiger partial charge is 0.174 e. The molecule has 0 aliphatic carbocycles. The Balaban J connectivity index is 1.87. The number of hydrogen-bond acceptors (Lipinski definition) is 3. The molecule has 0 radical (unpaired) electrons. The van der Waals surface area contributed by atoms with Crippen molar-refractivity contribution >= 4 is 0 Å². The van der Waals surface area contributed by atoms with Gasteiger partial charge in [-0.25, -0.2) is 0 Å². The normalized spacial score (nSPS) is 11.4. The second kappa shape index (κ2) is 8.05. The maximum Gasteiger partial charge on any atom is 0.174 e. The van der Waals surface area contributed by atoms with Crippen molar-refractivity contribution in [3.8, 4) is 22.6 Å². The van der Waals surface area contributed by atoms with Crippen LogP contribution >= 0.6 is 0 Å². The number of benzene rings is 4. The van der Waals surface area contributed by atoms with E-state index in [-0.39, 0.29) is 0 Å². The summed E-state index contributed by atoms with van der Waals surface area (Å²) >= 11 is 0. The Kier molecular flexibility index (Phi) is 4.95. The summed E-state index contributed by atoms with van der Waals surface area (Å²) < 4.78 is 5.92. The molecule has 0 unspecified atom stereocenters. The number of rotatable bonds is 5. The van der Waals surface area contributed by atoms with Gasteiger partial charge in [0.25, 0.3) is 0 Å². The summed E-state index contributed by atoms with van der Waals surface area (Å²) in [6.07, 6.45) is 0. The molecule has 150 valence electrons. The third kappa shape index (κ3) is 3.35. The molecule has 0 spiro atoms. The number of aliphatic hydroxyl groups is 1. The summed E-state index contributed by atoms with van der Waals surface area (Å²) in [5.41, 5.74) is 3.03. The zero-order valence-electron chi connectivity index (χ0n) is 16.8. The maximum atomic E-state index is 12.5. The molecular formula is C28H21NO2. The van der Waals surface area contributed by atoms with Gasteiger partial charge in [-0.2, -0.15) is 0 Å². The quantitative estimate of drug-likeness (QED) is 0.375. The van der Waals surface area contributed by atoms with Crippen molar-refractivity contribution in [1.82, 2.24) is 5.16 Å². The van der Waals surface area contributed by atoms with E-state index in [9.17, 15) is 5.11 Å². The number of aromatic nitrogens is 1. The molecule has 0 aliphatic rings. The van der Waals surface area contributed by atoms with E-state index in [4.69, 9.17) is 4.52 Å². The van der Waals surface area contributed by atoms with Crippen molar-refractivity contribution in [2.24, 2.45) is 0 Å². The summed E-state index contributed by atoms with van der Waals surface area (Å²) in [5, 5.41) is 16.9. The molecular weight excluding hydrogens is 382 g/mol. The molecule has 0 saturated heterocycles. The molecule has 3 heteroatoms. The Labute approximate surface area is 181 Å². The third-order valence-corrected chi connectivity index (χ3v) is 5.52. The zero-order valence-corrected chi connectivity index (χ0v) is 16.8. The van der Waals surface area contributed by atoms with Crippen LogP contribution < -0.4 is 0 Å². The van der Waals surface area contributed by atoms with Crippen molar-refractivity contribution in [3.05, 3.63) is 138 Å². The highest BCUT2D eigenvalue weighted by atomic mass is 16.5. The van der Waals surface area contributed by atoms with E-state index >= 15 is 0 Å². The lowest BCUT2D eigenvalue weighted by Crippen LogP contribution is -2.29. The highest BCUT2D eigenvalue weighted by Crippen LogP contribution is 2.46. The molecule has 1 N–H and O–H groups in total. The molecule has 31 heavy (non-hydrogen) atoms. The van der Waals surface area contributed by atoms with Crippen molar-refractivity contribution in [3.63, 3.8) is 0 Å². The van der Waals surface area contributed by atoms with E-state index in [1.807, 2.05) is 121 Å². The average Bonchev–Trinajstić information content (AvgIpc) is 3.31. The van der Waals surface area contributed by atoms with Crippen molar-refractivity contribution in [1.29, 1.82) is 0 Å².